The molecule has 0 saturated carbocycles. The summed E-state index contributed by atoms with van der Waals surface area (Å²) in [6.07, 6.45) is 0.699. The molecular weight excluding hydrogens is 306 g/mol. The third-order valence-electron chi connectivity index (χ3n) is 4.59. The first-order valence-corrected chi connectivity index (χ1v) is 8.96. The van der Waals surface area contributed by atoms with Crippen molar-refractivity contribution in [1.82, 2.24) is 4.90 Å². The van der Waals surface area contributed by atoms with E-state index in [-0.39, 0.29) is 6.10 Å². The van der Waals surface area contributed by atoms with Crippen molar-refractivity contribution in [2.24, 2.45) is 11.8 Å². The maximum atomic E-state index is 10.2. The van der Waals surface area contributed by atoms with E-state index in [2.05, 4.69) is 18.7 Å². The fourth-order valence-electron chi connectivity index (χ4n) is 3.77. The van der Waals surface area contributed by atoms with E-state index in [0.29, 0.717) is 38.2 Å². The van der Waals surface area contributed by atoms with E-state index < -0.39 is 6.10 Å². The molecule has 1 aromatic rings. The molecule has 1 aromatic carbocycles. The Morgan fingerprint density at radius 1 is 1.21 bits per heavy atom. The summed E-state index contributed by atoms with van der Waals surface area (Å²) in [5.41, 5.74) is 0. The number of likely N-dealkylation sites (tertiary alicyclic amines) is 1. The van der Waals surface area contributed by atoms with Crippen LogP contribution in [0.4, 0.5) is 0 Å². The first-order valence-electron chi connectivity index (χ1n) is 8.96. The average molecular weight is 335 g/mol. The predicted molar refractivity (Wildman–Crippen MR) is 92.6 cm³/mol. The van der Waals surface area contributed by atoms with Crippen molar-refractivity contribution in [3.05, 3.63) is 24.3 Å². The van der Waals surface area contributed by atoms with Crippen LogP contribution in [0.1, 0.15) is 20.3 Å². The second-order valence-corrected chi connectivity index (χ2v) is 7.35. The fourth-order valence-corrected chi connectivity index (χ4v) is 3.77. The van der Waals surface area contributed by atoms with E-state index in [9.17, 15) is 5.11 Å². The molecule has 5 nitrogen and oxygen atoms in total. The Morgan fingerprint density at radius 2 is 1.92 bits per heavy atom. The molecule has 0 aliphatic carbocycles. The van der Waals surface area contributed by atoms with Gasteiger partial charge in [-0.2, -0.15) is 0 Å². The Labute approximate surface area is 144 Å². The monoisotopic (exact) mass is 335 g/mol. The van der Waals surface area contributed by atoms with Crippen molar-refractivity contribution >= 4 is 0 Å². The van der Waals surface area contributed by atoms with Crippen molar-refractivity contribution in [3.63, 3.8) is 0 Å². The number of ether oxygens (including phenoxy) is 3. The molecule has 3 rings (SSSR count). The van der Waals surface area contributed by atoms with Crippen LogP contribution in [0.25, 0.3) is 0 Å². The van der Waals surface area contributed by atoms with Gasteiger partial charge in [0.05, 0.1) is 19.3 Å². The Hall–Kier alpha value is -1.30. The minimum absolute atomic E-state index is 0.123. The van der Waals surface area contributed by atoms with Gasteiger partial charge in [-0.15, -0.1) is 0 Å². The van der Waals surface area contributed by atoms with Gasteiger partial charge in [0.1, 0.15) is 6.61 Å². The van der Waals surface area contributed by atoms with Crippen molar-refractivity contribution < 1.29 is 19.3 Å². The third kappa shape index (κ3) is 4.85. The number of fused-ring (bicyclic) bond motifs is 1. The molecule has 1 fully saturated rings. The lowest BCUT2D eigenvalue weighted by Gasteiger charge is -2.36. The maximum Gasteiger partial charge on any atom is 0.161 e. The summed E-state index contributed by atoms with van der Waals surface area (Å²) in [7, 11) is 0. The summed E-state index contributed by atoms with van der Waals surface area (Å²) in [5.74, 6) is 2.95. The highest BCUT2D eigenvalue weighted by Crippen LogP contribution is 2.30. The highest BCUT2D eigenvalue weighted by atomic mass is 16.6. The van der Waals surface area contributed by atoms with Crippen molar-refractivity contribution in [3.8, 4) is 11.5 Å². The molecular formula is C19H29NO4. The van der Waals surface area contributed by atoms with Crippen LogP contribution >= 0.6 is 0 Å². The largest absolute Gasteiger partial charge is 0.486 e. The van der Waals surface area contributed by atoms with Gasteiger partial charge >= 0.3 is 0 Å². The van der Waals surface area contributed by atoms with Gasteiger partial charge in [0, 0.05) is 19.6 Å². The standard InChI is InChI=1S/C19H29NO4/c1-14-7-15(2)9-20(8-14)10-16(21)11-22-12-17-13-23-18-5-3-4-6-19(18)24-17/h3-6,14-17,21H,7-13H2,1-2H3/t14-,15+,16-,17-/m0/s1. The molecule has 0 spiro atoms. The van der Waals surface area contributed by atoms with E-state index >= 15 is 0 Å². The van der Waals surface area contributed by atoms with Crippen LogP contribution in [0.15, 0.2) is 24.3 Å². The Bertz CT molecular complexity index is 514. The minimum Gasteiger partial charge on any atom is -0.486 e. The molecule has 2 aliphatic heterocycles. The lowest BCUT2D eigenvalue weighted by atomic mass is 9.92. The molecule has 1 N–H and O–H groups in total. The molecule has 134 valence electrons. The lowest BCUT2D eigenvalue weighted by Crippen LogP contribution is -2.44. The number of para-hydroxylation sites is 2. The zero-order valence-electron chi connectivity index (χ0n) is 14.7. The van der Waals surface area contributed by atoms with Gasteiger partial charge in [-0.3, -0.25) is 0 Å². The van der Waals surface area contributed by atoms with Crippen LogP contribution in [0.2, 0.25) is 0 Å². The molecule has 2 aliphatic rings. The van der Waals surface area contributed by atoms with Gasteiger partial charge in [-0.05, 0) is 30.4 Å². The lowest BCUT2D eigenvalue weighted by molar-refractivity contribution is -0.0331. The first-order chi connectivity index (χ1) is 11.6. The van der Waals surface area contributed by atoms with Crippen molar-refractivity contribution in [1.29, 1.82) is 0 Å². The number of piperidine rings is 1. The minimum atomic E-state index is -0.459. The van der Waals surface area contributed by atoms with Gasteiger partial charge in [0.15, 0.2) is 17.6 Å². The summed E-state index contributed by atoms with van der Waals surface area (Å²) in [6.45, 7) is 8.62. The number of aliphatic hydroxyl groups excluding tert-OH is 1. The number of nitrogens with zero attached hydrogens (tertiary/aromatic N) is 1. The second-order valence-electron chi connectivity index (χ2n) is 7.35. The fraction of sp³-hybridized carbons (Fsp3) is 0.684. The van der Waals surface area contributed by atoms with Crippen LogP contribution in [0, 0.1) is 11.8 Å². The van der Waals surface area contributed by atoms with Crippen LogP contribution < -0.4 is 9.47 Å². The van der Waals surface area contributed by atoms with Crippen molar-refractivity contribution in [2.45, 2.75) is 32.5 Å². The maximum absolute atomic E-state index is 10.2. The summed E-state index contributed by atoms with van der Waals surface area (Å²) in [5, 5.41) is 10.2. The molecule has 0 bridgehead atoms. The highest BCUT2D eigenvalue weighted by Gasteiger charge is 2.24. The number of β-amino-alcohol motifs (C(OH)–C–C–N with tert-alkyl or cyclic N) is 1. The summed E-state index contributed by atoms with van der Waals surface area (Å²) < 4.78 is 17.2. The highest BCUT2D eigenvalue weighted by molar-refractivity contribution is 5.40. The van der Waals surface area contributed by atoms with E-state index in [0.717, 1.165) is 24.6 Å². The average Bonchev–Trinajstić information content (AvgIpc) is 2.53. The van der Waals surface area contributed by atoms with E-state index in [1.54, 1.807) is 0 Å². The number of hydrogen-bond acceptors (Lipinski definition) is 5. The quantitative estimate of drug-likeness (QED) is 0.863. The zero-order valence-corrected chi connectivity index (χ0v) is 14.7. The molecule has 1 saturated heterocycles. The Balaban J connectivity index is 1.36. The Kier molecular flexibility index (Phi) is 5.98. The SMILES string of the molecule is C[C@@H]1C[C@H](C)CN(C[C@H](O)COC[C@H]2COc3ccccc3O2)C1. The van der Waals surface area contributed by atoms with Crippen molar-refractivity contribution in [2.75, 3.05) is 39.5 Å². The van der Waals surface area contributed by atoms with Crippen LogP contribution in [0.3, 0.4) is 0 Å². The first kappa shape index (κ1) is 17.5. The van der Waals surface area contributed by atoms with Gasteiger partial charge in [0.2, 0.25) is 0 Å². The molecule has 0 unspecified atom stereocenters. The Morgan fingerprint density at radius 3 is 2.67 bits per heavy atom. The number of benzene rings is 1. The molecule has 0 aromatic heterocycles. The summed E-state index contributed by atoms with van der Waals surface area (Å²) in [6, 6.07) is 7.65. The van der Waals surface area contributed by atoms with Crippen LogP contribution in [-0.4, -0.2) is 61.7 Å². The third-order valence-corrected chi connectivity index (χ3v) is 4.59. The smallest absolute Gasteiger partial charge is 0.161 e. The number of aliphatic hydroxyl groups is 1. The van der Waals surface area contributed by atoms with Gasteiger partial charge < -0.3 is 24.2 Å². The van der Waals surface area contributed by atoms with E-state index in [1.807, 2.05) is 24.3 Å². The topological polar surface area (TPSA) is 51.2 Å². The molecule has 5 heteroatoms. The predicted octanol–water partition coefficient (Wildman–Crippen LogP) is 2.18. The zero-order chi connectivity index (χ0) is 16.9. The molecule has 2 heterocycles. The van der Waals surface area contributed by atoms with Gasteiger partial charge in [-0.25, -0.2) is 0 Å². The van der Waals surface area contributed by atoms with Crippen LogP contribution in [-0.2, 0) is 4.74 Å². The second kappa shape index (κ2) is 8.19. The number of hydrogen-bond donors (Lipinski definition) is 1. The molecule has 24 heavy (non-hydrogen) atoms. The summed E-state index contributed by atoms with van der Waals surface area (Å²) >= 11 is 0. The number of rotatable bonds is 6. The molecule has 0 radical (unpaired) electrons. The van der Waals surface area contributed by atoms with Gasteiger partial charge in [0.25, 0.3) is 0 Å². The normalized spacial score (nSPS) is 28.5. The summed E-state index contributed by atoms with van der Waals surface area (Å²) in [4.78, 5) is 2.35. The van der Waals surface area contributed by atoms with Gasteiger partial charge in [-0.1, -0.05) is 26.0 Å². The van der Waals surface area contributed by atoms with E-state index in [4.69, 9.17) is 14.2 Å². The molecule has 4 atom stereocenters. The molecule has 0 amide bonds. The van der Waals surface area contributed by atoms with Crippen LogP contribution in [0.5, 0.6) is 11.5 Å². The van der Waals surface area contributed by atoms with E-state index in [1.165, 1.54) is 6.42 Å².